The molecule has 0 amide bonds. The van der Waals surface area contributed by atoms with Gasteiger partial charge in [-0.2, -0.15) is 0 Å². The summed E-state index contributed by atoms with van der Waals surface area (Å²) < 4.78 is 3.67. The van der Waals surface area contributed by atoms with E-state index in [-0.39, 0.29) is 11.3 Å². The summed E-state index contributed by atoms with van der Waals surface area (Å²) in [5, 5.41) is 2.60. The molecule has 0 spiro atoms. The van der Waals surface area contributed by atoms with E-state index >= 15 is 0 Å². The number of thiazole rings is 1. The highest BCUT2D eigenvalue weighted by Gasteiger charge is 2.17. The number of aromatic nitrogens is 3. The zero-order valence-corrected chi connectivity index (χ0v) is 19.2. The number of nitrogens with zero attached hydrogens (tertiary/aromatic N) is 3. The summed E-state index contributed by atoms with van der Waals surface area (Å²) >= 11 is 8.91. The van der Waals surface area contributed by atoms with Crippen molar-refractivity contribution in [3.63, 3.8) is 0 Å². The zero-order valence-electron chi connectivity index (χ0n) is 16.8. The quantitative estimate of drug-likeness (QED) is 0.371. The van der Waals surface area contributed by atoms with Crippen LogP contribution in [0.3, 0.4) is 0 Å². The van der Waals surface area contributed by atoms with Crippen molar-refractivity contribution in [3.05, 3.63) is 85.5 Å². The normalized spacial score (nSPS) is 11.3. The predicted octanol–water partition coefficient (Wildman–Crippen LogP) is 5.24. The molecule has 3 aromatic heterocycles. The average molecular weight is 458 g/mol. The van der Waals surface area contributed by atoms with E-state index in [2.05, 4.69) is 9.55 Å². The number of ketones is 1. The maximum atomic E-state index is 12.8. The van der Waals surface area contributed by atoms with E-state index in [0.717, 1.165) is 22.8 Å². The van der Waals surface area contributed by atoms with E-state index in [1.165, 1.54) is 23.1 Å². The van der Waals surface area contributed by atoms with Crippen molar-refractivity contribution in [2.45, 2.75) is 26.5 Å². The highest BCUT2D eigenvalue weighted by molar-refractivity contribution is 7.99. The van der Waals surface area contributed by atoms with Gasteiger partial charge in [-0.05, 0) is 51.1 Å². The van der Waals surface area contributed by atoms with Crippen LogP contribution in [-0.4, -0.2) is 25.5 Å². The molecule has 4 aromatic rings. The molecule has 0 aliphatic rings. The molecule has 4 rings (SSSR count). The lowest BCUT2D eigenvalue weighted by Crippen LogP contribution is -2.15. The minimum Gasteiger partial charge on any atom is -0.318 e. The third-order valence-corrected chi connectivity index (χ3v) is 7.09. The van der Waals surface area contributed by atoms with Gasteiger partial charge in [0.25, 0.3) is 5.56 Å². The monoisotopic (exact) mass is 457 g/mol. The van der Waals surface area contributed by atoms with Crippen molar-refractivity contribution in [2.75, 3.05) is 5.75 Å². The zero-order chi connectivity index (χ0) is 21.4. The van der Waals surface area contributed by atoms with Crippen LogP contribution in [0.2, 0.25) is 5.02 Å². The number of benzene rings is 1. The number of halogens is 1. The Balaban J connectivity index is 1.48. The molecule has 0 bridgehead atoms. The minimum atomic E-state index is -0.0767. The van der Waals surface area contributed by atoms with Gasteiger partial charge in [-0.25, -0.2) is 4.98 Å². The van der Waals surface area contributed by atoms with E-state index < -0.39 is 0 Å². The molecule has 1 aromatic carbocycles. The third-order valence-electron chi connectivity index (χ3n) is 4.93. The second kappa shape index (κ2) is 8.41. The molecule has 8 heteroatoms. The van der Waals surface area contributed by atoms with E-state index in [9.17, 15) is 9.59 Å². The number of hydrogen-bond donors (Lipinski definition) is 0. The first-order valence-corrected chi connectivity index (χ1v) is 11.8. The number of aryl methyl sites for hydroxylation is 2. The Morgan fingerprint density at radius 3 is 2.60 bits per heavy atom. The molecule has 5 nitrogen and oxygen atoms in total. The van der Waals surface area contributed by atoms with E-state index in [4.69, 9.17) is 11.6 Å². The fourth-order valence-electron chi connectivity index (χ4n) is 3.53. The van der Waals surface area contributed by atoms with E-state index in [1.807, 2.05) is 56.5 Å². The maximum absolute atomic E-state index is 12.8. The molecule has 0 fully saturated rings. The third kappa shape index (κ3) is 3.97. The Kier molecular flexibility index (Phi) is 5.86. The topological polar surface area (TPSA) is 56.4 Å². The molecule has 154 valence electrons. The molecular weight excluding hydrogens is 438 g/mol. The molecule has 0 atom stereocenters. The summed E-state index contributed by atoms with van der Waals surface area (Å²) in [6.07, 6.45) is 0. The summed E-state index contributed by atoms with van der Waals surface area (Å²) in [5.41, 5.74) is 5.11. The molecule has 0 unspecified atom stereocenters. The van der Waals surface area contributed by atoms with Gasteiger partial charge < -0.3 is 4.57 Å². The lowest BCUT2D eigenvalue weighted by molar-refractivity contribution is 0.102. The second-order valence-corrected chi connectivity index (χ2v) is 9.35. The molecule has 0 radical (unpaired) electrons. The molecule has 3 heterocycles. The van der Waals surface area contributed by atoms with Gasteiger partial charge in [-0.15, -0.1) is 23.1 Å². The Hall–Kier alpha value is -2.35. The Morgan fingerprint density at radius 1 is 1.13 bits per heavy atom. The Morgan fingerprint density at radius 2 is 1.87 bits per heavy atom. The van der Waals surface area contributed by atoms with Crippen LogP contribution in [0.25, 0.3) is 10.6 Å². The number of carbonyl (C=O) groups is 1. The summed E-state index contributed by atoms with van der Waals surface area (Å²) in [5.74, 6) is 0.915. The number of rotatable bonds is 6. The van der Waals surface area contributed by atoms with Gasteiger partial charge in [0.05, 0.1) is 11.4 Å². The number of hydrogen-bond acceptors (Lipinski definition) is 5. The maximum Gasteiger partial charge on any atom is 0.258 e. The lowest BCUT2D eigenvalue weighted by Gasteiger charge is -2.10. The van der Waals surface area contributed by atoms with Crippen LogP contribution in [-0.2, 0) is 5.75 Å². The molecule has 0 N–H and O–H groups in total. The van der Waals surface area contributed by atoms with Crippen molar-refractivity contribution >= 4 is 45.4 Å². The van der Waals surface area contributed by atoms with Crippen LogP contribution in [0.5, 0.6) is 0 Å². The Bertz CT molecular complexity index is 1300. The number of Topliss-reactive ketones (excluding diaryl/α,β-unsaturated/α-hetero) is 1. The summed E-state index contributed by atoms with van der Waals surface area (Å²) in [4.78, 5) is 30.4. The van der Waals surface area contributed by atoms with Crippen LogP contribution in [0.15, 0.2) is 46.6 Å². The van der Waals surface area contributed by atoms with Crippen molar-refractivity contribution < 1.29 is 4.79 Å². The number of thioether (sulfide) groups is 1. The van der Waals surface area contributed by atoms with Gasteiger partial charge >= 0.3 is 0 Å². The first-order chi connectivity index (χ1) is 14.3. The largest absolute Gasteiger partial charge is 0.318 e. The molecule has 0 saturated heterocycles. The molecule has 0 saturated carbocycles. The molecule has 0 aliphatic heterocycles. The second-order valence-electron chi connectivity index (χ2n) is 7.09. The molecule has 0 aliphatic carbocycles. The summed E-state index contributed by atoms with van der Waals surface area (Å²) in [6, 6.07) is 11.0. The van der Waals surface area contributed by atoms with Crippen LogP contribution in [0.1, 0.15) is 33.1 Å². The van der Waals surface area contributed by atoms with Crippen molar-refractivity contribution in [1.29, 1.82) is 0 Å². The summed E-state index contributed by atoms with van der Waals surface area (Å²) in [7, 11) is 0. The van der Waals surface area contributed by atoms with Crippen molar-refractivity contribution in [1.82, 2.24) is 14.0 Å². The molecule has 30 heavy (non-hydrogen) atoms. The van der Waals surface area contributed by atoms with Gasteiger partial charge in [0.2, 0.25) is 0 Å². The minimum absolute atomic E-state index is 0.0677. The van der Waals surface area contributed by atoms with Crippen molar-refractivity contribution in [2.24, 2.45) is 0 Å². The van der Waals surface area contributed by atoms with Crippen molar-refractivity contribution in [3.8, 4) is 5.69 Å². The van der Waals surface area contributed by atoms with Gasteiger partial charge in [0.1, 0.15) is 0 Å². The van der Waals surface area contributed by atoms with Gasteiger partial charge in [0, 0.05) is 50.6 Å². The van der Waals surface area contributed by atoms with Gasteiger partial charge in [-0.1, -0.05) is 11.6 Å². The first kappa shape index (κ1) is 20.9. The smallest absolute Gasteiger partial charge is 0.258 e. The van der Waals surface area contributed by atoms with Crippen LogP contribution < -0.4 is 5.56 Å². The highest BCUT2D eigenvalue weighted by Crippen LogP contribution is 2.24. The predicted molar refractivity (Wildman–Crippen MR) is 125 cm³/mol. The first-order valence-electron chi connectivity index (χ1n) is 9.38. The standard InChI is InChI=1S/C22H20ClN3O2S2/c1-13-8-19(15(3)25(13)18-6-4-16(23)5-7-18)20(27)12-29-11-17-9-21(28)26-14(2)10-30-22(26)24-17/h4-10H,11-12H2,1-3H3. The van der Waals surface area contributed by atoms with E-state index in [0.29, 0.717) is 32.7 Å². The van der Waals surface area contributed by atoms with E-state index in [1.54, 1.807) is 10.5 Å². The number of carbonyl (C=O) groups excluding carboxylic acids is 1. The van der Waals surface area contributed by atoms with Crippen LogP contribution in [0.4, 0.5) is 0 Å². The average Bonchev–Trinajstić information content (AvgIpc) is 3.22. The fraction of sp³-hybridized carbons (Fsp3) is 0.227. The lowest BCUT2D eigenvalue weighted by atomic mass is 10.2. The summed E-state index contributed by atoms with van der Waals surface area (Å²) in [6.45, 7) is 5.83. The fourth-order valence-corrected chi connectivity index (χ4v) is 5.35. The number of fused-ring (bicyclic) bond motifs is 1. The highest BCUT2D eigenvalue weighted by atomic mass is 35.5. The SMILES string of the molecule is Cc1cc(C(=O)CSCc2cc(=O)n3c(C)csc3n2)c(C)n1-c1ccc(Cl)cc1. The van der Waals surface area contributed by atoms with Crippen LogP contribution >= 0.6 is 34.7 Å². The van der Waals surface area contributed by atoms with Crippen LogP contribution in [0, 0.1) is 20.8 Å². The Labute approximate surface area is 187 Å². The van der Waals surface area contributed by atoms with Gasteiger partial charge in [0.15, 0.2) is 10.7 Å². The molecular formula is C22H20ClN3O2S2. The van der Waals surface area contributed by atoms with Gasteiger partial charge in [-0.3, -0.25) is 14.0 Å².